The number of hydrogen-bond acceptors (Lipinski definition) is 7. The van der Waals surface area contributed by atoms with Crippen LogP contribution in [-0.2, 0) is 28.7 Å². The minimum Gasteiger partial charge on any atom is -0.463 e. The molecular formula is C37H42ClN3O7. The van der Waals surface area contributed by atoms with Crippen LogP contribution in [-0.4, -0.2) is 77.7 Å². The molecule has 2 N–H and O–H groups in total. The van der Waals surface area contributed by atoms with Crippen molar-refractivity contribution in [2.75, 3.05) is 31.2 Å². The van der Waals surface area contributed by atoms with Gasteiger partial charge < -0.3 is 29.7 Å². The predicted octanol–water partition coefficient (Wildman–Crippen LogP) is 4.44. The minimum absolute atomic E-state index is 0.0726. The number of hydrogen-bond donors (Lipinski definition) is 2. The summed E-state index contributed by atoms with van der Waals surface area (Å²) in [5.74, 6) is -3.32. The fraction of sp³-hybridized carbons (Fsp3) is 0.459. The van der Waals surface area contributed by atoms with Crippen LogP contribution in [0, 0.1) is 18.8 Å². The molecule has 10 nitrogen and oxygen atoms in total. The Morgan fingerprint density at radius 2 is 1.77 bits per heavy atom. The van der Waals surface area contributed by atoms with Gasteiger partial charge in [0.05, 0.1) is 34.7 Å². The van der Waals surface area contributed by atoms with E-state index in [1.165, 1.54) is 0 Å². The SMILES string of the molecule is Cc1cccc(Cl)c1N1C/C=C\CCC(=O)OC[C@@H](c2ccccc2)NC(=O)[C@@H]2[C@@H]3C=C[C@]4(O3)[C@H](C1=O)N(CCCCCCO)C(=O)[C@@H]24. The number of nitrogens with zero attached hydrogens (tertiary/aromatic N) is 2. The van der Waals surface area contributed by atoms with Gasteiger partial charge in [0.25, 0.3) is 5.91 Å². The summed E-state index contributed by atoms with van der Waals surface area (Å²) in [4.78, 5) is 59.7. The number of amides is 3. The van der Waals surface area contributed by atoms with Crippen LogP contribution in [0.1, 0.15) is 55.7 Å². The van der Waals surface area contributed by atoms with Gasteiger partial charge >= 0.3 is 5.97 Å². The number of rotatable bonds is 8. The molecule has 6 atom stereocenters. The number of esters is 1. The summed E-state index contributed by atoms with van der Waals surface area (Å²) in [5.41, 5.74) is 0.708. The lowest BCUT2D eigenvalue weighted by Crippen LogP contribution is -2.56. The molecule has 4 aliphatic rings. The molecule has 6 rings (SSSR count). The lowest BCUT2D eigenvalue weighted by molar-refractivity contribution is -0.145. The Hall–Kier alpha value is -3.99. The van der Waals surface area contributed by atoms with Gasteiger partial charge in [0, 0.05) is 26.1 Å². The van der Waals surface area contributed by atoms with Gasteiger partial charge in [0.2, 0.25) is 11.8 Å². The summed E-state index contributed by atoms with van der Waals surface area (Å²) in [7, 11) is 0. The Balaban J connectivity index is 1.42. The van der Waals surface area contributed by atoms with Gasteiger partial charge in [0.1, 0.15) is 18.2 Å². The van der Waals surface area contributed by atoms with Crippen LogP contribution >= 0.6 is 11.6 Å². The molecule has 0 aromatic heterocycles. The van der Waals surface area contributed by atoms with E-state index in [4.69, 9.17) is 21.1 Å². The van der Waals surface area contributed by atoms with E-state index in [1.807, 2.05) is 61.5 Å². The third-order valence-corrected chi connectivity index (χ3v) is 10.1. The standard InChI is InChI=1S/C37H42ClN3O7/c1-24-13-12-16-26(38)32(24)40-20-10-5-8-17-29(43)47-23-27(25-14-6-4-7-15-25)39-34(44)30-28-18-19-37(48-28)31(30)35(45)41(33(37)36(40)46)21-9-2-3-11-22-42/h4-7,10,12-16,18-19,27-28,30-31,33,42H,2-3,8-9,11,17,20-23H2,1H3,(H,39,44)/b10-5-/t27-,28-,30+,31+,33-,37+/m0/s1. The molecule has 3 amide bonds. The van der Waals surface area contributed by atoms with Gasteiger partial charge in [-0.15, -0.1) is 0 Å². The highest BCUT2D eigenvalue weighted by Gasteiger charge is 2.73. The molecule has 48 heavy (non-hydrogen) atoms. The number of ether oxygens (including phenoxy) is 2. The highest BCUT2D eigenvalue weighted by molar-refractivity contribution is 6.34. The van der Waals surface area contributed by atoms with E-state index in [0.29, 0.717) is 36.5 Å². The Morgan fingerprint density at radius 3 is 2.54 bits per heavy atom. The van der Waals surface area contributed by atoms with Crippen LogP contribution in [0.5, 0.6) is 0 Å². The molecule has 2 saturated heterocycles. The van der Waals surface area contributed by atoms with Crippen molar-refractivity contribution in [2.45, 2.75) is 69.2 Å². The van der Waals surface area contributed by atoms with E-state index >= 15 is 4.79 Å². The molecule has 0 aliphatic carbocycles. The summed E-state index contributed by atoms with van der Waals surface area (Å²) in [6.07, 6.45) is 9.86. The number of fused-ring (bicyclic) bond motifs is 2. The molecule has 2 aromatic rings. The second-order valence-corrected chi connectivity index (χ2v) is 13.3. The maximum Gasteiger partial charge on any atom is 0.306 e. The van der Waals surface area contributed by atoms with E-state index in [-0.39, 0.29) is 38.0 Å². The molecule has 2 aromatic carbocycles. The topological polar surface area (TPSA) is 125 Å². The van der Waals surface area contributed by atoms with Crippen LogP contribution in [0.3, 0.4) is 0 Å². The fourth-order valence-electron chi connectivity index (χ4n) is 7.56. The Morgan fingerprint density at radius 1 is 0.979 bits per heavy atom. The number of para-hydroxylation sites is 1. The number of aryl methyl sites for hydroxylation is 1. The monoisotopic (exact) mass is 675 g/mol. The number of unbranched alkanes of at least 4 members (excludes halogenated alkanes) is 3. The molecule has 4 heterocycles. The number of anilines is 1. The van der Waals surface area contributed by atoms with Crippen molar-refractivity contribution in [1.82, 2.24) is 10.2 Å². The molecule has 1 spiro atoms. The van der Waals surface area contributed by atoms with Gasteiger partial charge in [-0.1, -0.05) is 91.2 Å². The normalized spacial score (nSPS) is 29.6. The number of aliphatic hydroxyl groups excluding tert-OH is 1. The van der Waals surface area contributed by atoms with Gasteiger partial charge in [-0.05, 0) is 43.4 Å². The van der Waals surface area contributed by atoms with E-state index in [2.05, 4.69) is 5.32 Å². The first-order chi connectivity index (χ1) is 23.3. The van der Waals surface area contributed by atoms with E-state index in [0.717, 1.165) is 24.0 Å². The quantitative estimate of drug-likeness (QED) is 0.241. The van der Waals surface area contributed by atoms with Crippen molar-refractivity contribution >= 4 is 41.0 Å². The van der Waals surface area contributed by atoms with Crippen molar-refractivity contribution in [1.29, 1.82) is 0 Å². The fourth-order valence-corrected chi connectivity index (χ4v) is 7.88. The first kappa shape index (κ1) is 33.9. The molecule has 4 aliphatic heterocycles. The van der Waals surface area contributed by atoms with Gasteiger partial charge in [-0.25, -0.2) is 0 Å². The van der Waals surface area contributed by atoms with Crippen molar-refractivity contribution in [2.24, 2.45) is 11.8 Å². The van der Waals surface area contributed by atoms with Crippen molar-refractivity contribution in [3.8, 4) is 0 Å². The zero-order valence-electron chi connectivity index (χ0n) is 27.1. The average molecular weight is 676 g/mol. The minimum atomic E-state index is -1.36. The van der Waals surface area contributed by atoms with Crippen LogP contribution < -0.4 is 10.2 Å². The first-order valence-corrected chi connectivity index (χ1v) is 17.2. The number of likely N-dealkylation sites (tertiary alicyclic amines) is 1. The first-order valence-electron chi connectivity index (χ1n) is 16.8. The predicted molar refractivity (Wildman–Crippen MR) is 180 cm³/mol. The van der Waals surface area contributed by atoms with Crippen molar-refractivity contribution in [3.63, 3.8) is 0 Å². The zero-order valence-corrected chi connectivity index (χ0v) is 27.8. The van der Waals surface area contributed by atoms with Crippen molar-refractivity contribution in [3.05, 3.63) is 89.0 Å². The second-order valence-electron chi connectivity index (χ2n) is 12.9. The highest BCUT2D eigenvalue weighted by atomic mass is 35.5. The average Bonchev–Trinajstić information content (AvgIpc) is 3.72. The number of cyclic esters (lactones) is 1. The van der Waals surface area contributed by atoms with Crippen molar-refractivity contribution < 1.29 is 33.8 Å². The van der Waals surface area contributed by atoms with Gasteiger partial charge in [0.15, 0.2) is 0 Å². The molecular weight excluding hydrogens is 634 g/mol. The highest BCUT2D eigenvalue weighted by Crippen LogP contribution is 2.55. The van der Waals surface area contributed by atoms with Crippen LogP contribution in [0.25, 0.3) is 0 Å². The Bertz CT molecular complexity index is 1580. The Labute approximate surface area is 285 Å². The van der Waals surface area contributed by atoms with E-state index < -0.39 is 47.5 Å². The number of allylic oxidation sites excluding steroid dienone is 1. The van der Waals surface area contributed by atoms with E-state index in [1.54, 1.807) is 28.0 Å². The number of carbonyl (C=O) groups is 4. The lowest BCUT2D eigenvalue weighted by atomic mass is 9.74. The Kier molecular flexibility index (Phi) is 10.3. The summed E-state index contributed by atoms with van der Waals surface area (Å²) >= 11 is 6.74. The molecule has 0 saturated carbocycles. The largest absolute Gasteiger partial charge is 0.463 e. The van der Waals surface area contributed by atoms with E-state index in [9.17, 15) is 19.5 Å². The number of nitrogens with one attached hydrogen (secondary N) is 1. The molecule has 0 unspecified atom stereocenters. The molecule has 5 bridgehead atoms. The maximum atomic E-state index is 15.0. The number of halogens is 1. The number of aliphatic hydroxyl groups is 1. The molecule has 0 radical (unpaired) electrons. The molecule has 11 heteroatoms. The smallest absolute Gasteiger partial charge is 0.306 e. The van der Waals surface area contributed by atoms with Gasteiger partial charge in [-0.3, -0.25) is 19.2 Å². The molecule has 2 fully saturated rings. The number of benzene rings is 2. The van der Waals surface area contributed by atoms with Crippen LogP contribution in [0.4, 0.5) is 5.69 Å². The summed E-state index contributed by atoms with van der Waals surface area (Å²) < 4.78 is 12.2. The molecule has 254 valence electrons. The maximum absolute atomic E-state index is 15.0. The summed E-state index contributed by atoms with van der Waals surface area (Å²) in [6.45, 7) is 2.33. The van der Waals surface area contributed by atoms with Crippen LogP contribution in [0.2, 0.25) is 5.02 Å². The summed E-state index contributed by atoms with van der Waals surface area (Å²) in [5, 5.41) is 12.7. The number of carbonyl (C=O) groups excluding carboxylic acids is 4. The van der Waals surface area contributed by atoms with Crippen LogP contribution in [0.15, 0.2) is 72.8 Å². The third-order valence-electron chi connectivity index (χ3n) is 9.84. The lowest BCUT2D eigenvalue weighted by Gasteiger charge is -2.36. The summed E-state index contributed by atoms with van der Waals surface area (Å²) in [6, 6.07) is 13.0. The van der Waals surface area contributed by atoms with Gasteiger partial charge in [-0.2, -0.15) is 0 Å². The zero-order chi connectivity index (χ0) is 33.8. The second kappa shape index (κ2) is 14.6. The third kappa shape index (κ3) is 6.41.